The van der Waals surface area contributed by atoms with Gasteiger partial charge in [0.15, 0.2) is 5.75 Å². The van der Waals surface area contributed by atoms with Crippen molar-refractivity contribution in [2.24, 2.45) is 0 Å². The van der Waals surface area contributed by atoms with Crippen LogP contribution < -0.4 is 4.72 Å². The maximum Gasteiger partial charge on any atom is 0.312 e. The van der Waals surface area contributed by atoms with Gasteiger partial charge >= 0.3 is 5.69 Å². The van der Waals surface area contributed by atoms with E-state index in [0.717, 1.165) is 31.0 Å². The van der Waals surface area contributed by atoms with Crippen molar-refractivity contribution in [2.75, 3.05) is 13.2 Å². The van der Waals surface area contributed by atoms with Crippen molar-refractivity contribution < 1.29 is 23.2 Å². The molecule has 0 aliphatic carbocycles. The van der Waals surface area contributed by atoms with Crippen LogP contribution in [0.25, 0.3) is 0 Å². The Kier molecular flexibility index (Phi) is 4.17. The molecule has 1 aromatic carbocycles. The van der Waals surface area contributed by atoms with Crippen LogP contribution in [0.1, 0.15) is 19.8 Å². The van der Waals surface area contributed by atoms with E-state index in [2.05, 4.69) is 4.72 Å². The third-order valence-corrected chi connectivity index (χ3v) is 4.79. The van der Waals surface area contributed by atoms with Crippen LogP contribution in [-0.2, 0) is 14.8 Å². The van der Waals surface area contributed by atoms with Gasteiger partial charge in [-0.25, -0.2) is 13.1 Å². The van der Waals surface area contributed by atoms with Gasteiger partial charge in [-0.2, -0.15) is 0 Å². The van der Waals surface area contributed by atoms with E-state index in [1.165, 1.54) is 0 Å². The fourth-order valence-corrected chi connectivity index (χ4v) is 3.30. The van der Waals surface area contributed by atoms with Gasteiger partial charge in [-0.1, -0.05) is 0 Å². The van der Waals surface area contributed by atoms with E-state index < -0.39 is 32.0 Å². The summed E-state index contributed by atoms with van der Waals surface area (Å²) in [6.45, 7) is 2.48. The Labute approximate surface area is 121 Å². The van der Waals surface area contributed by atoms with Gasteiger partial charge in [0.1, 0.15) is 0 Å². The van der Waals surface area contributed by atoms with Gasteiger partial charge in [0, 0.05) is 19.2 Å². The first-order valence-electron chi connectivity index (χ1n) is 6.35. The summed E-state index contributed by atoms with van der Waals surface area (Å²) in [5.41, 5.74) is -1.21. The van der Waals surface area contributed by atoms with Gasteiger partial charge in [0.25, 0.3) is 0 Å². The zero-order valence-corrected chi connectivity index (χ0v) is 12.2. The van der Waals surface area contributed by atoms with E-state index >= 15 is 0 Å². The van der Waals surface area contributed by atoms with Gasteiger partial charge in [-0.15, -0.1) is 0 Å². The number of hydrogen-bond acceptors (Lipinski definition) is 6. The second-order valence-electron chi connectivity index (χ2n) is 5.13. The molecule has 8 nitrogen and oxygen atoms in total. The van der Waals surface area contributed by atoms with Crippen molar-refractivity contribution in [1.82, 2.24) is 4.72 Å². The molecule has 0 aromatic heterocycles. The molecule has 0 saturated carbocycles. The van der Waals surface area contributed by atoms with Crippen LogP contribution in [0.3, 0.4) is 0 Å². The number of ether oxygens (including phenoxy) is 1. The predicted molar refractivity (Wildman–Crippen MR) is 73.5 cm³/mol. The molecule has 1 atom stereocenters. The first-order valence-corrected chi connectivity index (χ1v) is 7.83. The zero-order valence-electron chi connectivity index (χ0n) is 11.4. The third kappa shape index (κ3) is 3.49. The molecule has 0 bridgehead atoms. The summed E-state index contributed by atoms with van der Waals surface area (Å²) in [5, 5.41) is 20.1. The van der Waals surface area contributed by atoms with Crippen molar-refractivity contribution in [3.05, 3.63) is 28.3 Å². The summed E-state index contributed by atoms with van der Waals surface area (Å²) in [6.07, 6.45) is 1.61. The van der Waals surface area contributed by atoms with Crippen LogP contribution in [0.4, 0.5) is 5.69 Å². The normalized spacial score (nSPS) is 22.3. The Bertz CT molecular complexity index is 652. The predicted octanol–water partition coefficient (Wildman–Crippen LogP) is 1.15. The lowest BCUT2D eigenvalue weighted by atomic mass is 10.0. The highest BCUT2D eigenvalue weighted by Crippen LogP contribution is 2.29. The van der Waals surface area contributed by atoms with Crippen LogP contribution in [0, 0.1) is 10.1 Å². The largest absolute Gasteiger partial charge is 0.502 e. The fraction of sp³-hybridized carbons (Fsp3) is 0.500. The van der Waals surface area contributed by atoms with E-state index in [9.17, 15) is 23.6 Å². The minimum Gasteiger partial charge on any atom is -0.502 e. The molecule has 21 heavy (non-hydrogen) atoms. The Morgan fingerprint density at radius 2 is 2.24 bits per heavy atom. The molecule has 1 aromatic rings. The van der Waals surface area contributed by atoms with Gasteiger partial charge in [-0.05, 0) is 31.9 Å². The lowest BCUT2D eigenvalue weighted by Crippen LogP contribution is -2.40. The van der Waals surface area contributed by atoms with Crippen LogP contribution in [0.2, 0.25) is 0 Å². The Morgan fingerprint density at radius 3 is 2.81 bits per heavy atom. The van der Waals surface area contributed by atoms with Crippen LogP contribution in [0.5, 0.6) is 5.75 Å². The fourth-order valence-electron chi connectivity index (χ4n) is 2.12. The number of sulfonamides is 1. The standard InChI is InChI=1S/C12H16N2O6S/c1-12(5-2-6-20-12)8-13-21(18,19)9-3-4-11(15)10(7-9)14(16)17/h3-4,7,13,15H,2,5-6,8H2,1H3. The molecule has 2 N–H and O–H groups in total. The molecule has 116 valence electrons. The van der Waals surface area contributed by atoms with E-state index in [1.54, 1.807) is 0 Å². The number of benzene rings is 1. The SMILES string of the molecule is CC1(CNS(=O)(=O)c2ccc(O)c([N+](=O)[O-])c2)CCCO1. The molecule has 2 rings (SSSR count). The highest BCUT2D eigenvalue weighted by atomic mass is 32.2. The molecule has 0 radical (unpaired) electrons. The van der Waals surface area contributed by atoms with Gasteiger partial charge in [0.2, 0.25) is 10.0 Å². The zero-order chi connectivity index (χ0) is 15.7. The van der Waals surface area contributed by atoms with Crippen LogP contribution >= 0.6 is 0 Å². The number of aromatic hydroxyl groups is 1. The number of phenolic OH excluding ortho intramolecular Hbond substituents is 1. The van der Waals surface area contributed by atoms with E-state index in [1.807, 2.05) is 6.92 Å². The molecule has 1 unspecified atom stereocenters. The third-order valence-electron chi connectivity index (χ3n) is 3.39. The van der Waals surface area contributed by atoms with Crippen molar-refractivity contribution in [3.63, 3.8) is 0 Å². The van der Waals surface area contributed by atoms with E-state index in [4.69, 9.17) is 4.74 Å². The van der Waals surface area contributed by atoms with Crippen molar-refractivity contribution >= 4 is 15.7 Å². The molecular weight excluding hydrogens is 300 g/mol. The van der Waals surface area contributed by atoms with Crippen LogP contribution in [-0.4, -0.2) is 37.2 Å². The second-order valence-corrected chi connectivity index (χ2v) is 6.90. The molecule has 1 aliphatic rings. The van der Waals surface area contributed by atoms with Gasteiger partial charge in [0.05, 0.1) is 15.4 Å². The number of nitro groups is 1. The van der Waals surface area contributed by atoms with E-state index in [0.29, 0.717) is 6.61 Å². The number of hydrogen-bond donors (Lipinski definition) is 2. The Morgan fingerprint density at radius 1 is 1.52 bits per heavy atom. The maximum absolute atomic E-state index is 12.1. The minimum atomic E-state index is -3.90. The Balaban J connectivity index is 2.19. The monoisotopic (exact) mass is 316 g/mol. The molecule has 0 amide bonds. The summed E-state index contributed by atoms with van der Waals surface area (Å²) in [6, 6.07) is 2.93. The summed E-state index contributed by atoms with van der Waals surface area (Å²) in [7, 11) is -3.90. The van der Waals surface area contributed by atoms with Crippen molar-refractivity contribution in [2.45, 2.75) is 30.3 Å². The lowest BCUT2D eigenvalue weighted by molar-refractivity contribution is -0.386. The minimum absolute atomic E-state index is 0.0873. The number of nitrogens with one attached hydrogen (secondary N) is 1. The Hall–Kier alpha value is -1.71. The quantitative estimate of drug-likeness (QED) is 0.621. The first kappa shape index (κ1) is 15.7. The van der Waals surface area contributed by atoms with Crippen molar-refractivity contribution in [3.8, 4) is 5.75 Å². The highest BCUT2D eigenvalue weighted by molar-refractivity contribution is 7.89. The van der Waals surface area contributed by atoms with E-state index in [-0.39, 0.29) is 11.4 Å². The summed E-state index contributed by atoms with van der Waals surface area (Å²) >= 11 is 0. The smallest absolute Gasteiger partial charge is 0.312 e. The lowest BCUT2D eigenvalue weighted by Gasteiger charge is -2.23. The molecule has 1 heterocycles. The molecular formula is C12H16N2O6S. The maximum atomic E-state index is 12.1. The van der Waals surface area contributed by atoms with Gasteiger partial charge in [-0.3, -0.25) is 10.1 Å². The van der Waals surface area contributed by atoms with Crippen LogP contribution in [0.15, 0.2) is 23.1 Å². The first-order chi connectivity index (χ1) is 9.73. The molecule has 1 fully saturated rings. The van der Waals surface area contributed by atoms with Gasteiger partial charge < -0.3 is 9.84 Å². The average Bonchev–Trinajstić information content (AvgIpc) is 2.84. The molecule has 1 saturated heterocycles. The number of nitrogens with zero attached hydrogens (tertiary/aromatic N) is 1. The summed E-state index contributed by atoms with van der Waals surface area (Å²) in [5.74, 6) is -0.579. The number of phenols is 1. The number of nitro benzene ring substituents is 1. The van der Waals surface area contributed by atoms with Crippen molar-refractivity contribution in [1.29, 1.82) is 0 Å². The number of rotatable bonds is 5. The molecule has 0 spiro atoms. The topological polar surface area (TPSA) is 119 Å². The average molecular weight is 316 g/mol. The highest BCUT2D eigenvalue weighted by Gasteiger charge is 2.32. The summed E-state index contributed by atoms with van der Waals surface area (Å²) in [4.78, 5) is 9.62. The second kappa shape index (κ2) is 5.58. The molecule has 1 aliphatic heterocycles. The molecule has 9 heteroatoms. The summed E-state index contributed by atoms with van der Waals surface area (Å²) < 4.78 is 32.2.